The van der Waals surface area contributed by atoms with E-state index in [1.54, 1.807) is 37.4 Å². The molecule has 2 heterocycles. The molecule has 27 heavy (non-hydrogen) atoms. The predicted molar refractivity (Wildman–Crippen MR) is 101 cm³/mol. The molecule has 3 N–H and O–H groups in total. The summed E-state index contributed by atoms with van der Waals surface area (Å²) in [6.07, 6.45) is 4.02. The van der Waals surface area contributed by atoms with Crippen LogP contribution >= 0.6 is 0 Å². The number of ether oxygens (including phenoxy) is 1. The van der Waals surface area contributed by atoms with Crippen molar-refractivity contribution in [3.8, 4) is 5.75 Å². The molecule has 8 heteroatoms. The summed E-state index contributed by atoms with van der Waals surface area (Å²) in [4.78, 5) is 24.3. The molecule has 1 saturated heterocycles. The fourth-order valence-electron chi connectivity index (χ4n) is 3.03. The molecule has 1 fully saturated rings. The van der Waals surface area contributed by atoms with Crippen LogP contribution in [-0.2, 0) is 0 Å². The van der Waals surface area contributed by atoms with Crippen molar-refractivity contribution in [2.75, 3.05) is 33.3 Å². The Labute approximate surface area is 158 Å². The van der Waals surface area contributed by atoms with Gasteiger partial charge in [-0.15, -0.1) is 0 Å². The van der Waals surface area contributed by atoms with E-state index in [1.165, 1.54) is 0 Å². The van der Waals surface area contributed by atoms with Crippen LogP contribution in [0.3, 0.4) is 0 Å². The monoisotopic (exact) mass is 371 g/mol. The third-order valence-electron chi connectivity index (χ3n) is 4.51. The molecule has 8 nitrogen and oxygen atoms in total. The molecule has 3 rings (SSSR count). The summed E-state index contributed by atoms with van der Waals surface area (Å²) in [5.74, 6) is 0.171. The highest BCUT2D eigenvalue weighted by Gasteiger charge is 2.17. The zero-order valence-corrected chi connectivity index (χ0v) is 15.4. The average molecular weight is 371 g/mol. The van der Waals surface area contributed by atoms with Crippen LogP contribution in [0.15, 0.2) is 36.5 Å². The average Bonchev–Trinajstić information content (AvgIpc) is 3.22. The molecular weight excluding hydrogens is 346 g/mol. The van der Waals surface area contributed by atoms with Crippen LogP contribution in [0.25, 0.3) is 0 Å². The summed E-state index contributed by atoms with van der Waals surface area (Å²) < 4.78 is 6.96. The van der Waals surface area contributed by atoms with Crippen molar-refractivity contribution < 1.29 is 14.3 Å². The van der Waals surface area contributed by atoms with Gasteiger partial charge in [0.2, 0.25) is 0 Å². The Morgan fingerprint density at radius 3 is 2.81 bits per heavy atom. The SMILES string of the molecule is COc1cccc(C(=O)NCCNC(=O)c2ccn(C3CCCNC3)n2)c1. The van der Waals surface area contributed by atoms with E-state index in [-0.39, 0.29) is 11.8 Å². The van der Waals surface area contributed by atoms with Crippen molar-refractivity contribution in [1.29, 1.82) is 0 Å². The van der Waals surface area contributed by atoms with Crippen molar-refractivity contribution in [2.45, 2.75) is 18.9 Å². The van der Waals surface area contributed by atoms with Gasteiger partial charge in [0, 0.05) is 31.4 Å². The van der Waals surface area contributed by atoms with Crippen LogP contribution in [-0.4, -0.2) is 54.9 Å². The minimum Gasteiger partial charge on any atom is -0.497 e. The van der Waals surface area contributed by atoms with Crippen LogP contribution in [0.4, 0.5) is 0 Å². The number of aromatic nitrogens is 2. The molecule has 1 aromatic carbocycles. The van der Waals surface area contributed by atoms with E-state index in [0.717, 1.165) is 25.9 Å². The van der Waals surface area contributed by atoms with Crippen molar-refractivity contribution >= 4 is 11.8 Å². The van der Waals surface area contributed by atoms with Crippen molar-refractivity contribution in [3.05, 3.63) is 47.8 Å². The maximum atomic E-state index is 12.2. The molecule has 1 aliphatic rings. The largest absolute Gasteiger partial charge is 0.497 e. The number of hydrogen-bond donors (Lipinski definition) is 3. The summed E-state index contributed by atoms with van der Waals surface area (Å²) in [6, 6.07) is 8.93. The first-order chi connectivity index (χ1) is 13.2. The van der Waals surface area contributed by atoms with E-state index < -0.39 is 0 Å². The number of hydrogen-bond acceptors (Lipinski definition) is 5. The summed E-state index contributed by atoms with van der Waals surface area (Å²) in [5, 5.41) is 13.3. The topological polar surface area (TPSA) is 97.3 Å². The number of carbonyl (C=O) groups is 2. The third kappa shape index (κ3) is 5.07. The minimum absolute atomic E-state index is 0.211. The van der Waals surface area contributed by atoms with Crippen LogP contribution in [0.1, 0.15) is 39.7 Å². The van der Waals surface area contributed by atoms with Gasteiger partial charge >= 0.3 is 0 Å². The van der Waals surface area contributed by atoms with Gasteiger partial charge in [0.15, 0.2) is 0 Å². The first-order valence-electron chi connectivity index (χ1n) is 9.13. The van der Waals surface area contributed by atoms with Crippen LogP contribution in [0, 0.1) is 0 Å². The first-order valence-corrected chi connectivity index (χ1v) is 9.13. The number of rotatable bonds is 7. The number of amides is 2. The molecular formula is C19H25N5O3. The minimum atomic E-state index is -0.242. The predicted octanol–water partition coefficient (Wildman–Crippen LogP) is 0.976. The fraction of sp³-hybridized carbons (Fsp3) is 0.421. The Bertz CT molecular complexity index is 783. The zero-order chi connectivity index (χ0) is 19.1. The summed E-state index contributed by atoms with van der Waals surface area (Å²) in [5.41, 5.74) is 0.903. The van der Waals surface area contributed by atoms with E-state index in [9.17, 15) is 9.59 Å². The lowest BCUT2D eigenvalue weighted by atomic mass is 10.1. The van der Waals surface area contributed by atoms with Gasteiger partial charge in [-0.3, -0.25) is 14.3 Å². The van der Waals surface area contributed by atoms with Crippen molar-refractivity contribution in [2.24, 2.45) is 0 Å². The maximum absolute atomic E-state index is 12.2. The van der Waals surface area contributed by atoms with Crippen LogP contribution < -0.4 is 20.7 Å². The zero-order valence-electron chi connectivity index (χ0n) is 15.4. The molecule has 0 aliphatic carbocycles. The van der Waals surface area contributed by atoms with Gasteiger partial charge in [-0.2, -0.15) is 5.10 Å². The highest BCUT2D eigenvalue weighted by Crippen LogP contribution is 2.15. The summed E-state index contributed by atoms with van der Waals surface area (Å²) in [7, 11) is 1.55. The van der Waals surface area contributed by atoms with E-state index in [2.05, 4.69) is 21.0 Å². The van der Waals surface area contributed by atoms with Crippen molar-refractivity contribution in [3.63, 3.8) is 0 Å². The number of carbonyl (C=O) groups excluding carboxylic acids is 2. The number of benzene rings is 1. The van der Waals surface area contributed by atoms with Gasteiger partial charge < -0.3 is 20.7 Å². The molecule has 2 amide bonds. The second kappa shape index (κ2) is 9.18. The normalized spacial score (nSPS) is 16.6. The number of nitrogens with one attached hydrogen (secondary N) is 3. The Morgan fingerprint density at radius 2 is 2.07 bits per heavy atom. The van der Waals surface area contributed by atoms with Gasteiger partial charge in [-0.25, -0.2) is 0 Å². The molecule has 0 radical (unpaired) electrons. The highest BCUT2D eigenvalue weighted by molar-refractivity contribution is 5.94. The lowest BCUT2D eigenvalue weighted by Crippen LogP contribution is -2.35. The van der Waals surface area contributed by atoms with E-state index >= 15 is 0 Å². The van der Waals surface area contributed by atoms with E-state index in [1.807, 2.05) is 10.9 Å². The van der Waals surface area contributed by atoms with Gasteiger partial charge in [-0.05, 0) is 43.7 Å². The lowest BCUT2D eigenvalue weighted by molar-refractivity contribution is 0.0924. The molecule has 144 valence electrons. The Hall–Kier alpha value is -2.87. The Balaban J connectivity index is 1.43. The first kappa shape index (κ1) is 18.9. The molecule has 1 unspecified atom stereocenters. The van der Waals surface area contributed by atoms with E-state index in [0.29, 0.717) is 36.1 Å². The summed E-state index contributed by atoms with van der Waals surface area (Å²) >= 11 is 0. The maximum Gasteiger partial charge on any atom is 0.271 e. The second-order valence-electron chi connectivity index (χ2n) is 6.42. The molecule has 1 atom stereocenters. The smallest absolute Gasteiger partial charge is 0.271 e. The molecule has 1 aliphatic heterocycles. The molecule has 0 bridgehead atoms. The molecule has 1 aromatic heterocycles. The van der Waals surface area contributed by atoms with Crippen LogP contribution in [0.2, 0.25) is 0 Å². The molecule has 2 aromatic rings. The lowest BCUT2D eigenvalue weighted by Gasteiger charge is -2.22. The molecule has 0 saturated carbocycles. The third-order valence-corrected chi connectivity index (χ3v) is 4.51. The quantitative estimate of drug-likeness (QED) is 0.631. The molecule has 0 spiro atoms. The van der Waals surface area contributed by atoms with Gasteiger partial charge in [0.05, 0.1) is 13.2 Å². The number of methoxy groups -OCH3 is 1. The Morgan fingerprint density at radius 1 is 1.26 bits per heavy atom. The summed E-state index contributed by atoms with van der Waals surface area (Å²) in [6.45, 7) is 2.56. The second-order valence-corrected chi connectivity index (χ2v) is 6.42. The highest BCUT2D eigenvalue weighted by atomic mass is 16.5. The van der Waals surface area contributed by atoms with Gasteiger partial charge in [0.25, 0.3) is 11.8 Å². The van der Waals surface area contributed by atoms with Crippen LogP contribution in [0.5, 0.6) is 5.75 Å². The number of piperidine rings is 1. The van der Waals surface area contributed by atoms with E-state index in [4.69, 9.17) is 4.74 Å². The standard InChI is InChI=1S/C19H25N5O3/c1-27-16-6-2-4-14(12-16)18(25)21-9-10-22-19(26)17-7-11-24(23-17)15-5-3-8-20-13-15/h2,4,6-7,11-12,15,20H,3,5,8-10,13H2,1H3,(H,21,25)(H,22,26). The fourth-order valence-corrected chi connectivity index (χ4v) is 3.03. The van der Waals surface area contributed by atoms with Gasteiger partial charge in [0.1, 0.15) is 11.4 Å². The number of nitrogens with zero attached hydrogens (tertiary/aromatic N) is 2. The Kier molecular flexibility index (Phi) is 6.43. The van der Waals surface area contributed by atoms with Crippen molar-refractivity contribution in [1.82, 2.24) is 25.7 Å². The van der Waals surface area contributed by atoms with Gasteiger partial charge in [-0.1, -0.05) is 6.07 Å².